The normalized spacial score (nSPS) is 0. The van der Waals surface area contributed by atoms with Crippen molar-refractivity contribution < 1.29 is 45.9 Å². The summed E-state index contributed by atoms with van der Waals surface area (Å²) < 4.78 is 0. The van der Waals surface area contributed by atoms with Crippen LogP contribution in [-0.4, -0.2) is 0 Å². The molecule has 7 heteroatoms. The molecule has 0 aliphatic heterocycles. The van der Waals surface area contributed by atoms with Crippen LogP contribution < -0.4 is 49.4 Å². The molecule has 0 aromatic carbocycles. The molecule has 0 spiro atoms. The van der Waals surface area contributed by atoms with E-state index in [-0.39, 0.29) is 70.5 Å². The third-order valence-electron chi connectivity index (χ3n) is 0. The van der Waals surface area contributed by atoms with Gasteiger partial charge in [-0.05, 0) is 0 Å². The predicted molar refractivity (Wildman–Crippen MR) is 8.54 cm³/mol. The molecular weight excluding hydrogens is 322 g/mol. The van der Waals surface area contributed by atoms with Crippen molar-refractivity contribution in [2.24, 2.45) is 0 Å². The Bertz CT molecular complexity index is 9.65. The Morgan fingerprint density at radius 3 is 0.429 bits per heavy atom. The molecule has 4 nitrogen and oxygen atoms in total. The van der Waals surface area contributed by atoms with E-state index in [2.05, 4.69) is 0 Å². The van der Waals surface area contributed by atoms with E-state index in [4.69, 9.17) is 0 Å². The Morgan fingerprint density at radius 2 is 0.429 bits per heavy atom. The Kier molecular flexibility index (Phi) is 10300. The molecule has 44 valence electrons. The molecule has 0 heterocycles. The van der Waals surface area contributed by atoms with Crippen molar-refractivity contribution in [2.45, 2.75) is 0 Å². The van der Waals surface area contributed by atoms with Gasteiger partial charge in [0.25, 0.3) is 0 Å². The Hall–Kier alpha value is 1.11. The summed E-state index contributed by atoms with van der Waals surface area (Å²) in [6.45, 7) is 0. The molecule has 12 radical (unpaired) electrons. The molecule has 0 saturated heterocycles. The second-order valence-electron chi connectivity index (χ2n) is 0. The van der Waals surface area contributed by atoms with Crippen LogP contribution in [0.3, 0.4) is 0 Å². The van der Waals surface area contributed by atoms with Gasteiger partial charge < -0.3 is 24.8 Å². The summed E-state index contributed by atoms with van der Waals surface area (Å²) in [6, 6.07) is 0. The van der Waals surface area contributed by atoms with E-state index < -0.39 is 0 Å². The van der Waals surface area contributed by atoms with Crippen molar-refractivity contribution in [2.75, 3.05) is 0 Å². The quantitative estimate of drug-likeness (QED) is 0.421. The number of halogens is 2. The van der Waals surface area contributed by atoms with Gasteiger partial charge in [0.15, 0.2) is 0 Å². The van der Waals surface area contributed by atoms with Gasteiger partial charge in [-0.1, -0.05) is 0 Å². The SMILES string of the molecule is [Cl-].[Cl-].[N].[N].[N].[N].[Pt+2]. The van der Waals surface area contributed by atoms with E-state index in [1.165, 1.54) is 0 Å². The molecule has 0 aliphatic rings. The van der Waals surface area contributed by atoms with Crippen molar-refractivity contribution in [3.05, 3.63) is 0 Å². The molecule has 0 rings (SSSR count). The Balaban J connectivity index is 0. The van der Waals surface area contributed by atoms with Crippen molar-refractivity contribution in [3.8, 4) is 0 Å². The second-order valence-corrected chi connectivity index (χ2v) is 0. The van der Waals surface area contributed by atoms with Gasteiger partial charge in [0.1, 0.15) is 0 Å². The zero-order valence-corrected chi connectivity index (χ0v) is 6.65. The van der Waals surface area contributed by atoms with Gasteiger partial charge in [-0.15, -0.1) is 0 Å². The molecule has 0 amide bonds. The van der Waals surface area contributed by atoms with E-state index >= 15 is 0 Å². The zero-order chi connectivity index (χ0) is 0. The van der Waals surface area contributed by atoms with Crippen molar-refractivity contribution >= 4 is 0 Å². The van der Waals surface area contributed by atoms with Crippen LogP contribution in [0.25, 0.3) is 0 Å². The summed E-state index contributed by atoms with van der Waals surface area (Å²) in [5.74, 6) is 0. The summed E-state index contributed by atoms with van der Waals surface area (Å²) in [5.41, 5.74) is 0. The van der Waals surface area contributed by atoms with E-state index in [9.17, 15) is 0 Å². The first-order valence-electron chi connectivity index (χ1n) is 0. The van der Waals surface area contributed by atoms with Crippen LogP contribution in [0, 0.1) is 0 Å². The smallest absolute Gasteiger partial charge is 1.00 e. The van der Waals surface area contributed by atoms with Crippen LogP contribution in [0.5, 0.6) is 0 Å². The van der Waals surface area contributed by atoms with Crippen LogP contribution in [0.15, 0.2) is 0 Å². The molecule has 7 heavy (non-hydrogen) atoms. The van der Waals surface area contributed by atoms with Gasteiger partial charge in [-0.3, -0.25) is 0 Å². The van der Waals surface area contributed by atoms with Crippen LogP contribution in [0.4, 0.5) is 0 Å². The molecule has 0 fully saturated rings. The standard InChI is InChI=1S/2ClH.4N.Pt/h2*1H;;;;;/q;;;;;;+2/p-2. The predicted octanol–water partition coefficient (Wildman–Crippen LogP) is -7.92. The van der Waals surface area contributed by atoms with Crippen LogP contribution in [0.1, 0.15) is 0 Å². The van der Waals surface area contributed by atoms with Gasteiger partial charge in [0, 0.05) is 24.6 Å². The summed E-state index contributed by atoms with van der Waals surface area (Å²) in [7, 11) is 0. The maximum absolute atomic E-state index is 0. The van der Waals surface area contributed by atoms with Crippen LogP contribution in [-0.2, 0) is 21.1 Å². The first-order chi connectivity index (χ1) is 0. The average molecular weight is 322 g/mol. The molecule has 0 atom stereocenters. The van der Waals surface area contributed by atoms with Crippen molar-refractivity contribution in [3.63, 3.8) is 0 Å². The van der Waals surface area contributed by atoms with Crippen molar-refractivity contribution in [1.82, 2.24) is 24.6 Å². The van der Waals surface area contributed by atoms with Crippen LogP contribution >= 0.6 is 0 Å². The molecule has 0 aliphatic carbocycles. The molecule has 0 aromatic heterocycles. The first kappa shape index (κ1) is 334. The van der Waals surface area contributed by atoms with E-state index in [1.807, 2.05) is 0 Å². The van der Waals surface area contributed by atoms with E-state index in [0.29, 0.717) is 0 Å². The fraction of sp³-hybridized carbons (Fsp3) is 0. The van der Waals surface area contributed by atoms with Crippen molar-refractivity contribution in [1.29, 1.82) is 0 Å². The molecular formula is Cl2N4Pt. The first-order valence-corrected chi connectivity index (χ1v) is 0. The summed E-state index contributed by atoms with van der Waals surface area (Å²) in [5, 5.41) is 0. The van der Waals surface area contributed by atoms with E-state index in [0.717, 1.165) is 0 Å². The van der Waals surface area contributed by atoms with Gasteiger partial charge in [-0.25, -0.2) is 0 Å². The molecule has 0 saturated carbocycles. The largest absolute Gasteiger partial charge is 2.00 e. The summed E-state index contributed by atoms with van der Waals surface area (Å²) >= 11 is 0. The van der Waals surface area contributed by atoms with Gasteiger partial charge >= 0.3 is 21.1 Å². The maximum atomic E-state index is 0. The summed E-state index contributed by atoms with van der Waals surface area (Å²) in [6.07, 6.45) is 0. The van der Waals surface area contributed by atoms with Gasteiger partial charge in [0.2, 0.25) is 0 Å². The zero-order valence-electron chi connectivity index (χ0n) is 2.86. The molecule has 0 aromatic rings. The third-order valence-corrected chi connectivity index (χ3v) is 0. The molecule has 0 bridgehead atoms. The van der Waals surface area contributed by atoms with Gasteiger partial charge in [-0.2, -0.15) is 0 Å². The number of rotatable bonds is 0. The minimum absolute atomic E-state index is 0. The minimum atomic E-state index is 0. The van der Waals surface area contributed by atoms with Crippen LogP contribution in [0.2, 0.25) is 0 Å². The topological polar surface area (TPSA) is 122 Å². The average Bonchev–Trinajstić information content (AvgIpc) is 0. The van der Waals surface area contributed by atoms with Gasteiger partial charge in [0.05, 0.1) is 0 Å². The third kappa shape index (κ3) is 151. The number of hydrogen-bond acceptors (Lipinski definition) is 0. The minimum Gasteiger partial charge on any atom is -1.00 e. The molecule has 0 N–H and O–H groups in total. The summed E-state index contributed by atoms with van der Waals surface area (Å²) in [4.78, 5) is 0. The number of nitrogens with zero attached hydrogens (tertiary/aromatic N) is 4. The fourth-order valence-corrected chi connectivity index (χ4v) is 0. The Morgan fingerprint density at radius 1 is 0.429 bits per heavy atom. The number of hydrogen-bond donors (Lipinski definition) is 0. The Labute approximate surface area is 70.6 Å². The van der Waals surface area contributed by atoms with E-state index in [1.54, 1.807) is 0 Å². The second kappa shape index (κ2) is 216. The molecule has 0 unspecified atom stereocenters. The maximum Gasteiger partial charge on any atom is 2.00 e. The fourth-order valence-electron chi connectivity index (χ4n) is 0. The monoisotopic (exact) mass is 321 g/mol.